The maximum Gasteiger partial charge on any atom is 0.305 e. The molecule has 1 aliphatic heterocycles. The molecule has 4 rings (SSSR count). The highest BCUT2D eigenvalue weighted by atomic mass is 32.1. The fraction of sp³-hybridized carbons (Fsp3) is 0.286. The van der Waals surface area contributed by atoms with Gasteiger partial charge in [-0.05, 0) is 35.2 Å². The third-order valence-corrected chi connectivity index (χ3v) is 5.90. The molecule has 0 bridgehead atoms. The fourth-order valence-electron chi connectivity index (χ4n) is 3.39. The quantitative estimate of drug-likeness (QED) is 0.655. The molecule has 1 saturated heterocycles. The summed E-state index contributed by atoms with van der Waals surface area (Å²) in [6.45, 7) is 0.717. The Hall–Kier alpha value is -2.77. The van der Waals surface area contributed by atoms with Gasteiger partial charge in [-0.15, -0.1) is 11.3 Å². The van der Waals surface area contributed by atoms with E-state index >= 15 is 0 Å². The first-order valence-electron chi connectivity index (χ1n) is 9.19. The second-order valence-corrected chi connectivity index (χ2v) is 7.86. The van der Waals surface area contributed by atoms with Crippen LogP contribution in [-0.4, -0.2) is 28.6 Å². The predicted octanol–water partition coefficient (Wildman–Crippen LogP) is 4.09. The van der Waals surface area contributed by atoms with E-state index in [-0.39, 0.29) is 18.4 Å². The standard InChI is InChI=1S/C21H20N2O4S/c24-19(25)11-16(15-8-7-13-4-1-2-5-14(13)10-15)23-20(26)18-12-22-21(28-18)17-6-3-9-27-17/h1-2,4-5,7-8,10,12,16-17H,3,6,9,11H2,(H,23,26)(H,24,25)/t16-,17?/m0/s1. The molecule has 2 aromatic carbocycles. The average Bonchev–Trinajstić information content (AvgIpc) is 3.38. The van der Waals surface area contributed by atoms with Gasteiger partial charge in [-0.2, -0.15) is 0 Å². The van der Waals surface area contributed by atoms with Gasteiger partial charge in [0.05, 0.1) is 18.7 Å². The summed E-state index contributed by atoms with van der Waals surface area (Å²) < 4.78 is 5.61. The molecule has 0 spiro atoms. The molecular weight excluding hydrogens is 376 g/mol. The molecule has 0 aliphatic carbocycles. The summed E-state index contributed by atoms with van der Waals surface area (Å²) in [5.74, 6) is -1.29. The Morgan fingerprint density at radius 1 is 1.25 bits per heavy atom. The van der Waals surface area contributed by atoms with Gasteiger partial charge in [0.1, 0.15) is 16.0 Å². The normalized spacial score (nSPS) is 17.5. The number of nitrogens with one attached hydrogen (secondary N) is 1. The summed E-state index contributed by atoms with van der Waals surface area (Å²) in [6.07, 6.45) is 3.21. The fourth-order valence-corrected chi connectivity index (χ4v) is 4.30. The van der Waals surface area contributed by atoms with Crippen LogP contribution in [0.15, 0.2) is 48.7 Å². The van der Waals surface area contributed by atoms with Gasteiger partial charge in [-0.3, -0.25) is 9.59 Å². The van der Waals surface area contributed by atoms with Crippen molar-refractivity contribution < 1.29 is 19.4 Å². The molecule has 1 fully saturated rings. The minimum absolute atomic E-state index is 0.0399. The van der Waals surface area contributed by atoms with Crippen LogP contribution in [0.3, 0.4) is 0 Å². The molecule has 6 nitrogen and oxygen atoms in total. The maximum absolute atomic E-state index is 12.7. The number of carbonyl (C=O) groups excluding carboxylic acids is 1. The van der Waals surface area contributed by atoms with Crippen LogP contribution in [0, 0.1) is 0 Å². The van der Waals surface area contributed by atoms with Gasteiger partial charge in [0.25, 0.3) is 5.91 Å². The zero-order valence-electron chi connectivity index (χ0n) is 15.1. The van der Waals surface area contributed by atoms with Crippen LogP contribution in [0.2, 0.25) is 0 Å². The van der Waals surface area contributed by atoms with Crippen molar-refractivity contribution in [2.45, 2.75) is 31.4 Å². The number of carboxylic acids is 1. The molecule has 7 heteroatoms. The van der Waals surface area contributed by atoms with Crippen molar-refractivity contribution in [2.24, 2.45) is 0 Å². The van der Waals surface area contributed by atoms with E-state index in [4.69, 9.17) is 4.74 Å². The minimum atomic E-state index is -0.970. The van der Waals surface area contributed by atoms with Gasteiger partial charge < -0.3 is 15.2 Å². The largest absolute Gasteiger partial charge is 0.481 e. The molecule has 0 radical (unpaired) electrons. The Morgan fingerprint density at radius 3 is 2.82 bits per heavy atom. The second kappa shape index (κ2) is 8.08. The highest BCUT2D eigenvalue weighted by Crippen LogP contribution is 2.31. The predicted molar refractivity (Wildman–Crippen MR) is 106 cm³/mol. The zero-order chi connectivity index (χ0) is 19.5. The number of carboxylic acid groups (broad SMARTS) is 1. The van der Waals surface area contributed by atoms with E-state index in [1.165, 1.54) is 17.5 Å². The van der Waals surface area contributed by atoms with Crippen LogP contribution in [0.25, 0.3) is 10.8 Å². The van der Waals surface area contributed by atoms with Gasteiger partial charge in [0.15, 0.2) is 0 Å². The maximum atomic E-state index is 12.7. The number of thiazole rings is 1. The number of hydrogen-bond donors (Lipinski definition) is 2. The number of aromatic nitrogens is 1. The van der Waals surface area contributed by atoms with Crippen molar-refractivity contribution >= 4 is 34.0 Å². The number of ether oxygens (including phenoxy) is 1. The van der Waals surface area contributed by atoms with E-state index in [1.54, 1.807) is 0 Å². The number of aliphatic carboxylic acids is 1. The lowest BCUT2D eigenvalue weighted by atomic mass is 9.99. The van der Waals surface area contributed by atoms with Gasteiger partial charge in [0, 0.05) is 6.61 Å². The van der Waals surface area contributed by atoms with Crippen molar-refractivity contribution in [3.05, 3.63) is 64.1 Å². The summed E-state index contributed by atoms with van der Waals surface area (Å²) in [4.78, 5) is 28.9. The molecule has 2 heterocycles. The Balaban J connectivity index is 1.55. The van der Waals surface area contributed by atoms with Crippen LogP contribution in [0.5, 0.6) is 0 Å². The van der Waals surface area contributed by atoms with Crippen molar-refractivity contribution in [3.8, 4) is 0 Å². The summed E-state index contributed by atoms with van der Waals surface area (Å²) >= 11 is 1.30. The smallest absolute Gasteiger partial charge is 0.305 e. The summed E-state index contributed by atoms with van der Waals surface area (Å²) in [6, 6.07) is 12.9. The highest BCUT2D eigenvalue weighted by Gasteiger charge is 2.24. The number of benzene rings is 2. The van der Waals surface area contributed by atoms with E-state index in [0.717, 1.165) is 34.2 Å². The third-order valence-electron chi connectivity index (χ3n) is 4.81. The molecular formula is C21H20N2O4S. The molecule has 2 atom stereocenters. The number of carbonyl (C=O) groups is 2. The molecule has 2 N–H and O–H groups in total. The first kappa shape index (κ1) is 18.6. The zero-order valence-corrected chi connectivity index (χ0v) is 15.9. The lowest BCUT2D eigenvalue weighted by Crippen LogP contribution is -2.29. The van der Waals surface area contributed by atoms with E-state index in [2.05, 4.69) is 10.3 Å². The highest BCUT2D eigenvalue weighted by molar-refractivity contribution is 7.13. The number of hydrogen-bond acceptors (Lipinski definition) is 5. The van der Waals surface area contributed by atoms with Crippen LogP contribution < -0.4 is 5.32 Å². The SMILES string of the molecule is O=C(O)C[C@H](NC(=O)c1cnc(C2CCCO2)s1)c1ccc2ccccc2c1. The third kappa shape index (κ3) is 4.05. The first-order chi connectivity index (χ1) is 13.6. The van der Waals surface area contributed by atoms with Gasteiger partial charge in [-0.1, -0.05) is 36.4 Å². The minimum Gasteiger partial charge on any atom is -0.481 e. The molecule has 1 aliphatic rings. The van der Waals surface area contributed by atoms with Crippen LogP contribution in [0.1, 0.15) is 51.7 Å². The van der Waals surface area contributed by atoms with Gasteiger partial charge in [0.2, 0.25) is 0 Å². The Bertz CT molecular complexity index is 1010. The summed E-state index contributed by atoms with van der Waals surface area (Å²) in [5, 5.41) is 15.0. The molecule has 0 saturated carbocycles. The summed E-state index contributed by atoms with van der Waals surface area (Å²) in [7, 11) is 0. The van der Waals surface area contributed by atoms with Crippen LogP contribution in [0.4, 0.5) is 0 Å². The van der Waals surface area contributed by atoms with E-state index in [9.17, 15) is 14.7 Å². The van der Waals surface area contributed by atoms with E-state index < -0.39 is 12.0 Å². The van der Waals surface area contributed by atoms with E-state index in [0.29, 0.717) is 11.5 Å². The monoisotopic (exact) mass is 396 g/mol. The number of nitrogens with zero attached hydrogens (tertiary/aromatic N) is 1. The first-order valence-corrected chi connectivity index (χ1v) is 10.0. The second-order valence-electron chi connectivity index (χ2n) is 6.79. The lowest BCUT2D eigenvalue weighted by molar-refractivity contribution is -0.137. The molecule has 28 heavy (non-hydrogen) atoms. The lowest BCUT2D eigenvalue weighted by Gasteiger charge is -2.17. The van der Waals surface area contributed by atoms with Gasteiger partial charge >= 0.3 is 5.97 Å². The van der Waals surface area contributed by atoms with Gasteiger partial charge in [-0.25, -0.2) is 4.98 Å². The van der Waals surface area contributed by atoms with Crippen LogP contribution >= 0.6 is 11.3 Å². The topological polar surface area (TPSA) is 88.5 Å². The molecule has 1 amide bonds. The molecule has 3 aromatic rings. The average molecular weight is 396 g/mol. The van der Waals surface area contributed by atoms with Crippen molar-refractivity contribution in [3.63, 3.8) is 0 Å². The van der Waals surface area contributed by atoms with Crippen molar-refractivity contribution in [1.82, 2.24) is 10.3 Å². The van der Waals surface area contributed by atoms with E-state index in [1.807, 2.05) is 42.5 Å². The number of rotatable bonds is 6. The number of fused-ring (bicyclic) bond motifs is 1. The molecule has 1 aromatic heterocycles. The van der Waals surface area contributed by atoms with Crippen molar-refractivity contribution in [1.29, 1.82) is 0 Å². The Kier molecular flexibility index (Phi) is 5.36. The molecule has 144 valence electrons. The Morgan fingerprint density at radius 2 is 2.07 bits per heavy atom. The Labute approximate surface area is 166 Å². The number of amides is 1. The van der Waals surface area contributed by atoms with Crippen molar-refractivity contribution in [2.75, 3.05) is 6.61 Å². The van der Waals surface area contributed by atoms with Crippen LogP contribution in [-0.2, 0) is 9.53 Å². The summed E-state index contributed by atoms with van der Waals surface area (Å²) in [5.41, 5.74) is 0.762. The molecule has 1 unspecified atom stereocenters.